The first kappa shape index (κ1) is 16.1. The van der Waals surface area contributed by atoms with E-state index in [0.717, 1.165) is 12.1 Å². The van der Waals surface area contributed by atoms with Gasteiger partial charge < -0.3 is 10.4 Å². The standard InChI is InChI=1S/C15H14F3NO3/c16-15(17,18)9-4-3-5-10(8-9)19-13(20)11-6-1-2-7-12(11)14(21)22/h1-5,8,11-12H,6-7H2,(H,19,20)(H,21,22)/t11-,12+/m0/s1. The van der Waals surface area contributed by atoms with Crippen LogP contribution in [0, 0.1) is 11.8 Å². The normalized spacial score (nSPS) is 21.4. The van der Waals surface area contributed by atoms with Gasteiger partial charge in [-0.2, -0.15) is 13.2 Å². The SMILES string of the molecule is O=C(Nc1cccc(C(F)(F)F)c1)[C@H]1CC=CC[C@H]1C(=O)O. The molecular formula is C15H14F3NO3. The molecule has 0 unspecified atom stereocenters. The van der Waals surface area contributed by atoms with Crippen molar-refractivity contribution in [1.82, 2.24) is 0 Å². The molecular weight excluding hydrogens is 299 g/mol. The number of hydrogen-bond acceptors (Lipinski definition) is 2. The molecule has 0 aliphatic heterocycles. The summed E-state index contributed by atoms with van der Waals surface area (Å²) in [5, 5.41) is 11.5. The smallest absolute Gasteiger partial charge is 0.416 e. The van der Waals surface area contributed by atoms with Crippen LogP contribution in [0.1, 0.15) is 18.4 Å². The molecule has 0 spiro atoms. The van der Waals surface area contributed by atoms with E-state index in [0.29, 0.717) is 0 Å². The van der Waals surface area contributed by atoms with E-state index in [2.05, 4.69) is 5.32 Å². The molecule has 1 amide bonds. The fourth-order valence-corrected chi connectivity index (χ4v) is 2.39. The maximum atomic E-state index is 12.6. The molecule has 0 saturated heterocycles. The second kappa shape index (κ2) is 6.21. The summed E-state index contributed by atoms with van der Waals surface area (Å²) in [4.78, 5) is 23.3. The summed E-state index contributed by atoms with van der Waals surface area (Å²) < 4.78 is 37.9. The van der Waals surface area contributed by atoms with E-state index in [1.807, 2.05) is 0 Å². The molecule has 0 saturated carbocycles. The van der Waals surface area contributed by atoms with Gasteiger partial charge in [0, 0.05) is 5.69 Å². The Morgan fingerprint density at radius 1 is 1.14 bits per heavy atom. The van der Waals surface area contributed by atoms with Gasteiger partial charge in [0.1, 0.15) is 0 Å². The van der Waals surface area contributed by atoms with Crippen LogP contribution in [-0.2, 0) is 15.8 Å². The van der Waals surface area contributed by atoms with Crippen LogP contribution in [-0.4, -0.2) is 17.0 Å². The van der Waals surface area contributed by atoms with Crippen LogP contribution in [0.4, 0.5) is 18.9 Å². The number of benzene rings is 1. The van der Waals surface area contributed by atoms with E-state index in [-0.39, 0.29) is 18.5 Å². The number of carbonyl (C=O) groups excluding carboxylic acids is 1. The predicted molar refractivity (Wildman–Crippen MR) is 73.1 cm³/mol. The average molecular weight is 313 g/mol. The van der Waals surface area contributed by atoms with Crippen LogP contribution in [0.25, 0.3) is 0 Å². The highest BCUT2D eigenvalue weighted by Gasteiger charge is 2.34. The van der Waals surface area contributed by atoms with Crippen LogP contribution in [0.3, 0.4) is 0 Å². The Morgan fingerprint density at radius 2 is 1.77 bits per heavy atom. The van der Waals surface area contributed by atoms with Crippen molar-refractivity contribution < 1.29 is 27.9 Å². The zero-order valence-corrected chi connectivity index (χ0v) is 11.4. The highest BCUT2D eigenvalue weighted by atomic mass is 19.4. The topological polar surface area (TPSA) is 66.4 Å². The van der Waals surface area contributed by atoms with Crippen LogP contribution in [0.15, 0.2) is 36.4 Å². The van der Waals surface area contributed by atoms with Crippen molar-refractivity contribution in [2.75, 3.05) is 5.32 Å². The van der Waals surface area contributed by atoms with Gasteiger partial charge in [0.05, 0.1) is 17.4 Å². The number of carbonyl (C=O) groups is 2. The fraction of sp³-hybridized carbons (Fsp3) is 0.333. The largest absolute Gasteiger partial charge is 0.481 e. The average Bonchev–Trinajstić information content (AvgIpc) is 2.46. The van der Waals surface area contributed by atoms with E-state index in [4.69, 9.17) is 5.11 Å². The van der Waals surface area contributed by atoms with E-state index in [9.17, 15) is 22.8 Å². The molecule has 2 N–H and O–H groups in total. The summed E-state index contributed by atoms with van der Waals surface area (Å²) in [6.07, 6.45) is -0.627. The number of carboxylic acid groups (broad SMARTS) is 1. The first-order chi connectivity index (χ1) is 10.3. The Hall–Kier alpha value is -2.31. The number of hydrogen-bond donors (Lipinski definition) is 2. The molecule has 0 fully saturated rings. The van der Waals surface area contributed by atoms with Crippen molar-refractivity contribution in [2.24, 2.45) is 11.8 Å². The Morgan fingerprint density at radius 3 is 2.36 bits per heavy atom. The van der Waals surface area contributed by atoms with Gasteiger partial charge in [-0.25, -0.2) is 0 Å². The second-order valence-corrected chi connectivity index (χ2v) is 5.06. The molecule has 2 rings (SSSR count). The first-order valence-electron chi connectivity index (χ1n) is 6.65. The zero-order valence-electron chi connectivity index (χ0n) is 11.4. The monoisotopic (exact) mass is 313 g/mol. The Labute approximate surface area is 124 Å². The van der Waals surface area contributed by atoms with Gasteiger partial charge in [-0.15, -0.1) is 0 Å². The quantitative estimate of drug-likeness (QED) is 0.841. The maximum absolute atomic E-state index is 12.6. The van der Waals surface area contributed by atoms with Crippen molar-refractivity contribution in [3.63, 3.8) is 0 Å². The van der Waals surface area contributed by atoms with E-state index in [1.54, 1.807) is 12.2 Å². The molecule has 2 atom stereocenters. The predicted octanol–water partition coefficient (Wildman–Crippen LogP) is 3.31. The number of carboxylic acids is 1. The number of alkyl halides is 3. The third kappa shape index (κ3) is 3.66. The number of anilines is 1. The van der Waals surface area contributed by atoms with Crippen molar-refractivity contribution >= 4 is 17.6 Å². The molecule has 1 aliphatic rings. The maximum Gasteiger partial charge on any atom is 0.416 e. The summed E-state index contributed by atoms with van der Waals surface area (Å²) >= 11 is 0. The number of aliphatic carboxylic acids is 1. The molecule has 1 aromatic carbocycles. The van der Waals surface area contributed by atoms with Crippen LogP contribution in [0.5, 0.6) is 0 Å². The van der Waals surface area contributed by atoms with Gasteiger partial charge in [0.25, 0.3) is 0 Å². The molecule has 0 aromatic heterocycles. The van der Waals surface area contributed by atoms with Crippen molar-refractivity contribution in [1.29, 1.82) is 0 Å². The molecule has 1 aliphatic carbocycles. The van der Waals surface area contributed by atoms with Crippen LogP contribution >= 0.6 is 0 Å². The zero-order chi connectivity index (χ0) is 16.3. The van der Waals surface area contributed by atoms with Gasteiger partial charge in [-0.3, -0.25) is 9.59 Å². The summed E-state index contributed by atoms with van der Waals surface area (Å²) in [7, 11) is 0. The van der Waals surface area contributed by atoms with Crippen molar-refractivity contribution in [3.05, 3.63) is 42.0 Å². The van der Waals surface area contributed by atoms with Crippen LogP contribution in [0.2, 0.25) is 0 Å². The lowest BCUT2D eigenvalue weighted by molar-refractivity contribution is -0.146. The first-order valence-corrected chi connectivity index (χ1v) is 6.65. The molecule has 0 radical (unpaired) electrons. The number of rotatable bonds is 3. The molecule has 0 bridgehead atoms. The van der Waals surface area contributed by atoms with E-state index < -0.39 is 35.5 Å². The summed E-state index contributed by atoms with van der Waals surface area (Å²) in [5.41, 5.74) is -0.873. The lowest BCUT2D eigenvalue weighted by atomic mass is 9.82. The molecule has 22 heavy (non-hydrogen) atoms. The second-order valence-electron chi connectivity index (χ2n) is 5.06. The lowest BCUT2D eigenvalue weighted by Crippen LogP contribution is -2.34. The fourth-order valence-electron chi connectivity index (χ4n) is 2.39. The third-order valence-electron chi connectivity index (χ3n) is 3.54. The van der Waals surface area contributed by atoms with Gasteiger partial charge in [-0.1, -0.05) is 18.2 Å². The number of allylic oxidation sites excluding steroid dienone is 2. The third-order valence-corrected chi connectivity index (χ3v) is 3.54. The molecule has 0 heterocycles. The summed E-state index contributed by atoms with van der Waals surface area (Å²) in [6.45, 7) is 0. The van der Waals surface area contributed by atoms with Gasteiger partial charge >= 0.3 is 12.1 Å². The van der Waals surface area contributed by atoms with Gasteiger partial charge in [0.2, 0.25) is 5.91 Å². The van der Waals surface area contributed by atoms with Crippen LogP contribution < -0.4 is 5.32 Å². The minimum absolute atomic E-state index is 0.00137. The highest BCUT2D eigenvalue weighted by molar-refractivity contribution is 5.95. The van der Waals surface area contributed by atoms with Gasteiger partial charge in [-0.05, 0) is 31.0 Å². The highest BCUT2D eigenvalue weighted by Crippen LogP contribution is 2.31. The molecule has 7 heteroatoms. The summed E-state index contributed by atoms with van der Waals surface area (Å²) in [5.74, 6) is -3.34. The van der Waals surface area contributed by atoms with E-state index >= 15 is 0 Å². The van der Waals surface area contributed by atoms with Crippen molar-refractivity contribution in [3.8, 4) is 0 Å². The molecule has 118 valence electrons. The summed E-state index contributed by atoms with van der Waals surface area (Å²) in [6, 6.07) is 4.25. The molecule has 4 nitrogen and oxygen atoms in total. The number of nitrogens with one attached hydrogen (secondary N) is 1. The Kier molecular flexibility index (Phi) is 4.54. The van der Waals surface area contributed by atoms with Gasteiger partial charge in [0.15, 0.2) is 0 Å². The van der Waals surface area contributed by atoms with Crippen molar-refractivity contribution in [2.45, 2.75) is 19.0 Å². The minimum Gasteiger partial charge on any atom is -0.481 e. The number of halogens is 3. The lowest BCUT2D eigenvalue weighted by Gasteiger charge is -2.24. The number of amides is 1. The Bertz CT molecular complexity index is 610. The minimum atomic E-state index is -4.50. The Balaban J connectivity index is 2.15. The van der Waals surface area contributed by atoms with E-state index in [1.165, 1.54) is 12.1 Å². The molecule has 1 aromatic rings.